The van der Waals surface area contributed by atoms with Crippen LogP contribution in [0.15, 0.2) is 24.3 Å². The molecule has 0 bridgehead atoms. The summed E-state index contributed by atoms with van der Waals surface area (Å²) in [5.41, 5.74) is 0.00930. The van der Waals surface area contributed by atoms with Gasteiger partial charge in [0.25, 0.3) is 5.91 Å². The summed E-state index contributed by atoms with van der Waals surface area (Å²) in [6.07, 6.45) is -2.17. The molecule has 0 saturated carbocycles. The number of anilines is 1. The summed E-state index contributed by atoms with van der Waals surface area (Å²) in [4.78, 5) is 51.1. The van der Waals surface area contributed by atoms with E-state index in [0.29, 0.717) is 104 Å². The molecular weight excluding hydrogens is 724 g/mol. The number of likely N-dealkylation sites (N-methyl/N-ethyl adjacent to an activating group) is 1. The molecule has 0 aliphatic rings. The third-order valence-corrected chi connectivity index (χ3v) is 7.22. The molecule has 1 aromatic rings. The smallest absolute Gasteiger partial charge is 0.408 e. The molecular formula is C37H64N4O14. The van der Waals surface area contributed by atoms with E-state index in [4.69, 9.17) is 42.6 Å². The number of ether oxygens (including phenoxy) is 9. The van der Waals surface area contributed by atoms with Crippen molar-refractivity contribution in [3.05, 3.63) is 29.8 Å². The van der Waals surface area contributed by atoms with Crippen molar-refractivity contribution in [3.63, 3.8) is 0 Å². The summed E-state index contributed by atoms with van der Waals surface area (Å²) < 4.78 is 48.1. The average molecular weight is 789 g/mol. The van der Waals surface area contributed by atoms with Gasteiger partial charge in [0, 0.05) is 26.4 Å². The van der Waals surface area contributed by atoms with Gasteiger partial charge in [-0.25, -0.2) is 4.79 Å². The van der Waals surface area contributed by atoms with Gasteiger partial charge in [-0.2, -0.15) is 0 Å². The van der Waals surface area contributed by atoms with Gasteiger partial charge < -0.3 is 68.6 Å². The lowest BCUT2D eigenvalue weighted by Crippen LogP contribution is -2.51. The predicted octanol–water partition coefficient (Wildman–Crippen LogP) is 1.30. The van der Waals surface area contributed by atoms with Gasteiger partial charge in [-0.05, 0) is 52.3 Å². The molecule has 55 heavy (non-hydrogen) atoms. The highest BCUT2D eigenvalue weighted by Crippen LogP contribution is 2.18. The summed E-state index contributed by atoms with van der Waals surface area (Å²) in [5.74, 6) is -1.59. The maximum absolute atomic E-state index is 12.8. The van der Waals surface area contributed by atoms with E-state index in [1.807, 2.05) is 0 Å². The summed E-state index contributed by atoms with van der Waals surface area (Å²) >= 11 is 0. The van der Waals surface area contributed by atoms with Gasteiger partial charge in [-0.15, -0.1) is 0 Å². The molecule has 0 aromatic heterocycles. The summed E-state index contributed by atoms with van der Waals surface area (Å²) in [7, 11) is 3.19. The minimum absolute atomic E-state index is 0.253. The molecule has 316 valence electrons. The van der Waals surface area contributed by atoms with Gasteiger partial charge in [0.1, 0.15) is 17.7 Å². The van der Waals surface area contributed by atoms with Gasteiger partial charge in [-0.3, -0.25) is 14.4 Å². The number of amides is 4. The van der Waals surface area contributed by atoms with E-state index in [-0.39, 0.29) is 13.2 Å². The molecule has 4 N–H and O–H groups in total. The Hall–Kier alpha value is -3.46. The fourth-order valence-corrected chi connectivity index (χ4v) is 4.18. The Morgan fingerprint density at radius 1 is 0.636 bits per heavy atom. The van der Waals surface area contributed by atoms with Crippen molar-refractivity contribution >= 4 is 29.5 Å². The lowest BCUT2D eigenvalue weighted by atomic mass is 10.1. The van der Waals surface area contributed by atoms with Gasteiger partial charge in [0.2, 0.25) is 11.8 Å². The number of benzene rings is 1. The predicted molar refractivity (Wildman–Crippen MR) is 202 cm³/mol. The second-order valence-corrected chi connectivity index (χ2v) is 13.2. The fraction of sp³-hybridized carbons (Fsp3) is 0.730. The molecule has 0 spiro atoms. The zero-order valence-corrected chi connectivity index (χ0v) is 33.6. The lowest BCUT2D eigenvalue weighted by molar-refractivity contribution is -0.140. The summed E-state index contributed by atoms with van der Waals surface area (Å²) in [6.45, 7) is 15.1. The van der Waals surface area contributed by atoms with E-state index in [0.717, 1.165) is 0 Å². The first-order chi connectivity index (χ1) is 26.2. The maximum Gasteiger partial charge on any atom is 0.408 e. The number of nitrogens with one attached hydrogen (secondary N) is 3. The molecule has 0 fully saturated rings. The van der Waals surface area contributed by atoms with E-state index in [9.17, 15) is 24.3 Å². The molecule has 0 radical (unpaired) electrons. The van der Waals surface area contributed by atoms with Gasteiger partial charge in [0.05, 0.1) is 99.1 Å². The molecule has 18 nitrogen and oxygen atoms in total. The van der Waals surface area contributed by atoms with E-state index < -0.39 is 47.6 Å². The first-order valence-corrected chi connectivity index (χ1v) is 18.4. The quantitative estimate of drug-likeness (QED) is 0.0782. The van der Waals surface area contributed by atoms with Crippen LogP contribution in [0.3, 0.4) is 0 Å². The summed E-state index contributed by atoms with van der Waals surface area (Å²) in [6, 6.07) is 4.25. The topological polar surface area (TPSA) is 211 Å². The highest BCUT2D eigenvalue weighted by Gasteiger charge is 2.24. The molecule has 1 aromatic carbocycles. The molecule has 0 heterocycles. The van der Waals surface area contributed by atoms with Crippen LogP contribution in [0.2, 0.25) is 0 Å². The number of rotatable bonds is 31. The Labute approximate surface area is 325 Å². The van der Waals surface area contributed by atoms with Crippen LogP contribution in [0.25, 0.3) is 0 Å². The molecule has 0 aliphatic heterocycles. The van der Waals surface area contributed by atoms with Crippen molar-refractivity contribution in [1.82, 2.24) is 15.5 Å². The van der Waals surface area contributed by atoms with Gasteiger partial charge >= 0.3 is 6.09 Å². The van der Waals surface area contributed by atoms with Crippen LogP contribution in [0, 0.1) is 0 Å². The van der Waals surface area contributed by atoms with Crippen molar-refractivity contribution in [1.29, 1.82) is 0 Å². The number of carbonyl (C=O) groups is 4. The van der Waals surface area contributed by atoms with Crippen molar-refractivity contribution in [2.45, 2.75) is 58.4 Å². The zero-order chi connectivity index (χ0) is 40.9. The highest BCUT2D eigenvalue weighted by molar-refractivity contribution is 5.98. The Kier molecular flexibility index (Phi) is 26.8. The number of nitrogens with zero attached hydrogens (tertiary/aromatic N) is 1. The normalized spacial score (nSPS) is 13.1. The maximum atomic E-state index is 12.8. The largest absolute Gasteiger partial charge is 0.444 e. The van der Waals surface area contributed by atoms with E-state index in [1.165, 1.54) is 43.0 Å². The molecule has 4 amide bonds. The number of methoxy groups -OCH3 is 1. The van der Waals surface area contributed by atoms with Crippen molar-refractivity contribution in [2.24, 2.45) is 0 Å². The summed E-state index contributed by atoms with van der Waals surface area (Å²) in [5, 5.41) is 18.2. The Morgan fingerprint density at radius 2 is 1.04 bits per heavy atom. The van der Waals surface area contributed by atoms with Crippen LogP contribution >= 0.6 is 0 Å². The third kappa shape index (κ3) is 25.3. The molecule has 0 aliphatic carbocycles. The Morgan fingerprint density at radius 3 is 1.45 bits per heavy atom. The zero-order valence-electron chi connectivity index (χ0n) is 33.6. The third-order valence-electron chi connectivity index (χ3n) is 7.22. The Bertz CT molecular complexity index is 1200. The monoisotopic (exact) mass is 788 g/mol. The van der Waals surface area contributed by atoms with Gasteiger partial charge in [0.15, 0.2) is 6.10 Å². The van der Waals surface area contributed by atoms with E-state index in [2.05, 4.69) is 16.0 Å². The number of aliphatic hydroxyl groups is 1. The van der Waals surface area contributed by atoms with Crippen molar-refractivity contribution < 1.29 is 66.9 Å². The van der Waals surface area contributed by atoms with Crippen LogP contribution in [-0.2, 0) is 57.0 Å². The van der Waals surface area contributed by atoms with Crippen molar-refractivity contribution in [3.8, 4) is 0 Å². The highest BCUT2D eigenvalue weighted by atomic mass is 16.6. The minimum Gasteiger partial charge on any atom is -0.444 e. The molecule has 3 atom stereocenters. The number of alkyl carbamates (subject to hydrolysis) is 1. The van der Waals surface area contributed by atoms with Gasteiger partial charge in [-0.1, -0.05) is 12.1 Å². The average Bonchev–Trinajstić information content (AvgIpc) is 3.13. The van der Waals surface area contributed by atoms with Crippen LogP contribution in [0.4, 0.5) is 10.5 Å². The molecule has 18 heteroatoms. The number of hydrogen-bond donors (Lipinski definition) is 4. The first kappa shape index (κ1) is 49.6. The van der Waals surface area contributed by atoms with Crippen LogP contribution in [0.1, 0.15) is 46.3 Å². The molecule has 1 rings (SSSR count). The second-order valence-electron chi connectivity index (χ2n) is 13.2. The lowest BCUT2D eigenvalue weighted by Gasteiger charge is -2.22. The molecule has 0 saturated heterocycles. The number of hydrogen-bond acceptors (Lipinski definition) is 14. The standard InChI is InChI=1S/C37H64N4O14/c1-28(38-33(43)29(2)39-36(46)55-37(3,4)5)34(44)40-31-10-8-30(9-11-31)32(42)35(45)41(6)12-13-48-16-17-50-20-21-52-24-25-54-27-26-53-23-22-51-19-18-49-15-14-47-7/h8-11,28-29,32,42H,12-27H2,1-7H3,(H,38,43)(H,39,46)(H,40,44)/t28-,29-,32?/m0/s1. The van der Waals surface area contributed by atoms with E-state index in [1.54, 1.807) is 34.9 Å². The SMILES string of the molecule is COCCOCCOCCOCCOCCOCCOCCOCCN(C)C(=O)C(O)c1ccc(NC(=O)[C@H](C)NC(=O)[C@H](C)NC(=O)OC(C)(C)C)cc1. The first-order valence-electron chi connectivity index (χ1n) is 18.4. The van der Waals surface area contributed by atoms with Crippen LogP contribution < -0.4 is 16.0 Å². The molecule has 1 unspecified atom stereocenters. The number of carbonyl (C=O) groups excluding carboxylic acids is 4. The van der Waals surface area contributed by atoms with E-state index >= 15 is 0 Å². The minimum atomic E-state index is -1.41. The fourth-order valence-electron chi connectivity index (χ4n) is 4.18. The van der Waals surface area contributed by atoms with Crippen molar-refractivity contribution in [2.75, 3.05) is 125 Å². The Balaban J connectivity index is 2.11. The number of aliphatic hydroxyl groups excluding tert-OH is 1. The second kappa shape index (κ2) is 29.8. The van der Waals surface area contributed by atoms with Crippen LogP contribution in [0.5, 0.6) is 0 Å². The van der Waals surface area contributed by atoms with Crippen LogP contribution in [-0.4, -0.2) is 171 Å².